The molecule has 0 radical (unpaired) electrons. The maximum Gasteiger partial charge on any atom is 0.331 e. The fraction of sp³-hybridized carbons (Fsp3) is 0.238. The molecule has 3 rings (SSSR count). The Morgan fingerprint density at radius 3 is 2.64 bits per heavy atom. The predicted octanol–water partition coefficient (Wildman–Crippen LogP) is 2.69. The van der Waals surface area contributed by atoms with Crippen LogP contribution >= 0.6 is 0 Å². The summed E-state index contributed by atoms with van der Waals surface area (Å²) in [5.74, 6) is 1.08. The SMILES string of the molecule is COc1ccc(/C=C/C(=O)O[C@@H](C)C(=O)NCc2ccc3c(c2)OCO3)cc1. The van der Waals surface area contributed by atoms with E-state index >= 15 is 0 Å². The molecule has 1 heterocycles. The van der Waals surface area contributed by atoms with Crippen LogP contribution in [-0.2, 0) is 20.9 Å². The highest BCUT2D eigenvalue weighted by molar-refractivity contribution is 5.90. The average molecular weight is 383 g/mol. The Bertz CT molecular complexity index is 875. The fourth-order valence-electron chi connectivity index (χ4n) is 2.53. The van der Waals surface area contributed by atoms with Crippen molar-refractivity contribution in [3.63, 3.8) is 0 Å². The molecule has 0 aromatic heterocycles. The smallest absolute Gasteiger partial charge is 0.331 e. The van der Waals surface area contributed by atoms with Crippen LogP contribution < -0.4 is 19.5 Å². The summed E-state index contributed by atoms with van der Waals surface area (Å²) in [4.78, 5) is 24.1. The van der Waals surface area contributed by atoms with Crippen molar-refractivity contribution < 1.29 is 28.5 Å². The number of esters is 1. The van der Waals surface area contributed by atoms with Gasteiger partial charge in [-0.2, -0.15) is 0 Å². The topological polar surface area (TPSA) is 83.1 Å². The van der Waals surface area contributed by atoms with E-state index in [1.54, 1.807) is 37.5 Å². The van der Waals surface area contributed by atoms with E-state index in [0.29, 0.717) is 18.0 Å². The van der Waals surface area contributed by atoms with Crippen LogP contribution in [0.25, 0.3) is 6.08 Å². The van der Waals surface area contributed by atoms with Gasteiger partial charge in [-0.15, -0.1) is 0 Å². The number of ether oxygens (including phenoxy) is 4. The highest BCUT2D eigenvalue weighted by atomic mass is 16.7. The predicted molar refractivity (Wildman–Crippen MR) is 102 cm³/mol. The van der Waals surface area contributed by atoms with E-state index in [1.807, 2.05) is 18.2 Å². The lowest BCUT2D eigenvalue weighted by molar-refractivity contribution is -0.150. The Hall–Kier alpha value is -3.48. The minimum Gasteiger partial charge on any atom is -0.497 e. The van der Waals surface area contributed by atoms with E-state index < -0.39 is 12.1 Å². The molecule has 0 unspecified atom stereocenters. The molecule has 1 atom stereocenters. The molecule has 0 spiro atoms. The van der Waals surface area contributed by atoms with Crippen molar-refractivity contribution in [2.45, 2.75) is 19.6 Å². The third-order valence-electron chi connectivity index (χ3n) is 4.09. The molecule has 0 saturated heterocycles. The first-order valence-corrected chi connectivity index (χ1v) is 8.74. The summed E-state index contributed by atoms with van der Waals surface area (Å²) in [6.07, 6.45) is 1.98. The lowest BCUT2D eigenvalue weighted by Gasteiger charge is -2.12. The lowest BCUT2D eigenvalue weighted by atomic mass is 10.2. The molecule has 0 saturated carbocycles. The third-order valence-corrected chi connectivity index (χ3v) is 4.09. The second kappa shape index (κ2) is 8.94. The highest BCUT2D eigenvalue weighted by Gasteiger charge is 2.17. The number of hydrogen-bond donors (Lipinski definition) is 1. The molecule has 7 heteroatoms. The summed E-state index contributed by atoms with van der Waals surface area (Å²) >= 11 is 0. The summed E-state index contributed by atoms with van der Waals surface area (Å²) in [7, 11) is 1.58. The molecule has 1 amide bonds. The van der Waals surface area contributed by atoms with Crippen LogP contribution in [0.5, 0.6) is 17.2 Å². The first kappa shape index (κ1) is 19.3. The number of carbonyl (C=O) groups is 2. The van der Waals surface area contributed by atoms with E-state index in [2.05, 4.69) is 5.32 Å². The summed E-state index contributed by atoms with van der Waals surface area (Å²) in [6.45, 7) is 2.01. The second-order valence-electron chi connectivity index (χ2n) is 6.09. The first-order chi connectivity index (χ1) is 13.5. The molecule has 146 valence electrons. The molecule has 2 aromatic carbocycles. The van der Waals surface area contributed by atoms with E-state index in [9.17, 15) is 9.59 Å². The van der Waals surface area contributed by atoms with Crippen LogP contribution in [0.15, 0.2) is 48.5 Å². The van der Waals surface area contributed by atoms with Gasteiger partial charge in [0.2, 0.25) is 6.79 Å². The zero-order valence-corrected chi connectivity index (χ0v) is 15.6. The van der Waals surface area contributed by atoms with Gasteiger partial charge in [-0.05, 0) is 48.4 Å². The molecule has 0 aliphatic carbocycles. The van der Waals surface area contributed by atoms with Crippen LogP contribution in [0.1, 0.15) is 18.1 Å². The molecule has 28 heavy (non-hydrogen) atoms. The average Bonchev–Trinajstić information content (AvgIpc) is 3.18. The van der Waals surface area contributed by atoms with Crippen molar-refractivity contribution in [3.8, 4) is 17.2 Å². The zero-order valence-electron chi connectivity index (χ0n) is 15.6. The molecule has 1 aliphatic rings. The summed E-state index contributed by atoms with van der Waals surface area (Å²) in [6, 6.07) is 12.6. The number of nitrogens with one attached hydrogen (secondary N) is 1. The minimum absolute atomic E-state index is 0.197. The van der Waals surface area contributed by atoms with E-state index in [1.165, 1.54) is 13.0 Å². The Morgan fingerprint density at radius 2 is 1.89 bits per heavy atom. The van der Waals surface area contributed by atoms with Crippen molar-refractivity contribution >= 4 is 18.0 Å². The van der Waals surface area contributed by atoms with Gasteiger partial charge in [-0.1, -0.05) is 18.2 Å². The quantitative estimate of drug-likeness (QED) is 0.585. The number of fused-ring (bicyclic) bond motifs is 1. The Labute approximate surface area is 162 Å². The van der Waals surface area contributed by atoms with Crippen LogP contribution in [0, 0.1) is 0 Å². The molecule has 0 fully saturated rings. The third kappa shape index (κ3) is 5.03. The minimum atomic E-state index is -0.915. The molecule has 1 aliphatic heterocycles. The van der Waals surface area contributed by atoms with Crippen molar-refractivity contribution in [3.05, 3.63) is 59.7 Å². The van der Waals surface area contributed by atoms with Gasteiger partial charge < -0.3 is 24.3 Å². The number of benzene rings is 2. The number of rotatable bonds is 7. The van der Waals surface area contributed by atoms with Gasteiger partial charge in [-0.3, -0.25) is 4.79 Å². The van der Waals surface area contributed by atoms with E-state index in [-0.39, 0.29) is 12.7 Å². The van der Waals surface area contributed by atoms with Crippen molar-refractivity contribution in [2.75, 3.05) is 13.9 Å². The number of hydrogen-bond acceptors (Lipinski definition) is 6. The van der Waals surface area contributed by atoms with Crippen LogP contribution in [0.4, 0.5) is 0 Å². The molecule has 2 aromatic rings. The maximum absolute atomic E-state index is 12.1. The molecule has 7 nitrogen and oxygen atoms in total. The molecular formula is C21H21NO6. The van der Waals surface area contributed by atoms with E-state index in [0.717, 1.165) is 16.9 Å². The highest BCUT2D eigenvalue weighted by Crippen LogP contribution is 2.32. The van der Waals surface area contributed by atoms with Crippen LogP contribution in [-0.4, -0.2) is 31.9 Å². The second-order valence-corrected chi connectivity index (χ2v) is 6.09. The standard InChI is InChI=1S/C21H21NO6/c1-14(28-20(23)10-6-15-3-7-17(25-2)8-4-15)21(24)22-12-16-5-9-18-19(11-16)27-13-26-18/h3-11,14H,12-13H2,1-2H3,(H,22,24)/b10-6+/t14-/m0/s1. The van der Waals surface area contributed by atoms with Gasteiger partial charge in [0, 0.05) is 12.6 Å². The van der Waals surface area contributed by atoms with Crippen LogP contribution in [0.2, 0.25) is 0 Å². The largest absolute Gasteiger partial charge is 0.497 e. The van der Waals surface area contributed by atoms with Crippen LogP contribution in [0.3, 0.4) is 0 Å². The Balaban J connectivity index is 1.46. The Kier molecular flexibility index (Phi) is 6.16. The number of methoxy groups -OCH3 is 1. The number of carbonyl (C=O) groups excluding carboxylic acids is 2. The van der Waals surface area contributed by atoms with Gasteiger partial charge in [0.05, 0.1) is 7.11 Å². The normalized spacial score (nSPS) is 13.2. The Morgan fingerprint density at radius 1 is 1.14 bits per heavy atom. The fourth-order valence-corrected chi connectivity index (χ4v) is 2.53. The molecule has 0 bridgehead atoms. The zero-order chi connectivity index (χ0) is 19.9. The molecule has 1 N–H and O–H groups in total. The van der Waals surface area contributed by atoms with Gasteiger partial charge in [0.15, 0.2) is 17.6 Å². The maximum atomic E-state index is 12.1. The van der Waals surface area contributed by atoms with Crippen molar-refractivity contribution in [1.29, 1.82) is 0 Å². The summed E-state index contributed by atoms with van der Waals surface area (Å²) < 4.78 is 20.8. The van der Waals surface area contributed by atoms with Gasteiger partial charge >= 0.3 is 5.97 Å². The monoisotopic (exact) mass is 383 g/mol. The van der Waals surface area contributed by atoms with Crippen molar-refractivity contribution in [2.24, 2.45) is 0 Å². The number of amides is 1. The molecular weight excluding hydrogens is 362 g/mol. The summed E-state index contributed by atoms with van der Waals surface area (Å²) in [5, 5.41) is 2.73. The summed E-state index contributed by atoms with van der Waals surface area (Å²) in [5.41, 5.74) is 1.67. The van der Waals surface area contributed by atoms with Gasteiger partial charge in [-0.25, -0.2) is 4.79 Å². The van der Waals surface area contributed by atoms with E-state index in [4.69, 9.17) is 18.9 Å². The van der Waals surface area contributed by atoms with Gasteiger partial charge in [0.25, 0.3) is 5.91 Å². The first-order valence-electron chi connectivity index (χ1n) is 8.74. The van der Waals surface area contributed by atoms with Crippen molar-refractivity contribution in [1.82, 2.24) is 5.32 Å². The lowest BCUT2D eigenvalue weighted by Crippen LogP contribution is -2.35. The van der Waals surface area contributed by atoms with Gasteiger partial charge in [0.1, 0.15) is 5.75 Å².